The maximum absolute atomic E-state index is 15.1. The molecule has 2 aromatic carbocycles. The van der Waals surface area contributed by atoms with Crippen LogP contribution in [0.1, 0.15) is 37.1 Å². The molecule has 1 heterocycles. The molecule has 1 aliphatic carbocycles. The van der Waals surface area contributed by atoms with Crippen molar-refractivity contribution in [3.8, 4) is 11.5 Å². The fourth-order valence-electron chi connectivity index (χ4n) is 4.18. The van der Waals surface area contributed by atoms with Gasteiger partial charge in [0.2, 0.25) is 10.0 Å². The number of sulfonamides is 1. The standard InChI is InChI=1S/C24H24ClF2N3O5S/c1-3-34-24(31)14-30-21-6-4-5-20(17(21)13-28-30)29(2)36(32,33)23-11-18(25)22(12-19(23)27)35-16-9-7-15(26)8-10-16/h7-13,20H,3-6,14H2,1-2H3. The summed E-state index contributed by atoms with van der Waals surface area (Å²) in [6.45, 7) is 1.87. The van der Waals surface area contributed by atoms with E-state index in [1.807, 2.05) is 0 Å². The summed E-state index contributed by atoms with van der Waals surface area (Å²) in [5.74, 6) is -1.85. The Morgan fingerprint density at radius 1 is 1.25 bits per heavy atom. The van der Waals surface area contributed by atoms with Crippen LogP contribution in [0.4, 0.5) is 8.78 Å². The van der Waals surface area contributed by atoms with Gasteiger partial charge in [-0.3, -0.25) is 9.48 Å². The number of halogens is 3. The number of ether oxygens (including phenoxy) is 2. The molecule has 192 valence electrons. The van der Waals surface area contributed by atoms with E-state index in [0.717, 1.165) is 22.1 Å². The zero-order valence-corrected chi connectivity index (χ0v) is 21.2. The Morgan fingerprint density at radius 3 is 2.67 bits per heavy atom. The van der Waals surface area contributed by atoms with Gasteiger partial charge in [0, 0.05) is 24.4 Å². The van der Waals surface area contributed by atoms with E-state index in [1.165, 1.54) is 42.2 Å². The lowest BCUT2D eigenvalue weighted by Gasteiger charge is -2.31. The van der Waals surface area contributed by atoms with Crippen molar-refractivity contribution in [1.29, 1.82) is 0 Å². The molecule has 4 rings (SSSR count). The van der Waals surface area contributed by atoms with Crippen LogP contribution in [0, 0.1) is 11.6 Å². The molecule has 0 radical (unpaired) electrons. The zero-order chi connectivity index (χ0) is 26.0. The summed E-state index contributed by atoms with van der Waals surface area (Å²) in [5.41, 5.74) is 1.39. The highest BCUT2D eigenvalue weighted by atomic mass is 35.5. The smallest absolute Gasteiger partial charge is 0.327 e. The van der Waals surface area contributed by atoms with Crippen molar-refractivity contribution in [3.05, 3.63) is 70.5 Å². The van der Waals surface area contributed by atoms with Crippen molar-refractivity contribution >= 4 is 27.6 Å². The quantitative estimate of drug-likeness (QED) is 0.379. The van der Waals surface area contributed by atoms with Crippen LogP contribution in [-0.2, 0) is 32.5 Å². The normalized spacial score (nSPS) is 15.6. The van der Waals surface area contributed by atoms with Crippen LogP contribution >= 0.6 is 11.6 Å². The summed E-state index contributed by atoms with van der Waals surface area (Å²) in [6.07, 6.45) is 3.30. The van der Waals surface area contributed by atoms with Crippen LogP contribution in [0.3, 0.4) is 0 Å². The van der Waals surface area contributed by atoms with Gasteiger partial charge in [-0.15, -0.1) is 0 Å². The van der Waals surface area contributed by atoms with Gasteiger partial charge in [-0.1, -0.05) is 11.6 Å². The number of nitrogens with zero attached hydrogens (tertiary/aromatic N) is 3. The lowest BCUT2D eigenvalue weighted by molar-refractivity contribution is -0.144. The summed E-state index contributed by atoms with van der Waals surface area (Å²) in [5, 5.41) is 4.13. The number of hydrogen-bond acceptors (Lipinski definition) is 6. The van der Waals surface area contributed by atoms with Crippen LogP contribution in [0.5, 0.6) is 11.5 Å². The second-order valence-corrected chi connectivity index (χ2v) is 10.6. The minimum Gasteiger partial charge on any atom is -0.465 e. The monoisotopic (exact) mass is 539 g/mol. The van der Waals surface area contributed by atoms with Gasteiger partial charge in [-0.2, -0.15) is 9.40 Å². The molecule has 12 heteroatoms. The Kier molecular flexibility index (Phi) is 7.62. The van der Waals surface area contributed by atoms with Gasteiger partial charge in [0.25, 0.3) is 0 Å². The molecule has 0 fully saturated rings. The van der Waals surface area contributed by atoms with Crippen molar-refractivity contribution in [1.82, 2.24) is 14.1 Å². The van der Waals surface area contributed by atoms with Gasteiger partial charge < -0.3 is 9.47 Å². The lowest BCUT2D eigenvalue weighted by Crippen LogP contribution is -2.34. The second kappa shape index (κ2) is 10.5. The first-order chi connectivity index (χ1) is 17.1. The first kappa shape index (κ1) is 26.1. The summed E-state index contributed by atoms with van der Waals surface area (Å²) in [6, 6.07) is 6.28. The maximum Gasteiger partial charge on any atom is 0.327 e. The van der Waals surface area contributed by atoms with E-state index in [2.05, 4.69) is 5.10 Å². The van der Waals surface area contributed by atoms with Gasteiger partial charge in [-0.05, 0) is 56.5 Å². The van der Waals surface area contributed by atoms with Gasteiger partial charge in [0.15, 0.2) is 0 Å². The maximum atomic E-state index is 15.1. The molecule has 0 bridgehead atoms. The second-order valence-electron chi connectivity index (χ2n) is 8.21. The number of rotatable bonds is 8. The van der Waals surface area contributed by atoms with Crippen molar-refractivity contribution < 1.29 is 31.5 Å². The molecule has 36 heavy (non-hydrogen) atoms. The molecule has 1 unspecified atom stereocenters. The predicted molar refractivity (Wildman–Crippen MR) is 127 cm³/mol. The highest BCUT2D eigenvalue weighted by Gasteiger charge is 2.36. The first-order valence-electron chi connectivity index (χ1n) is 11.2. The van der Waals surface area contributed by atoms with Crippen LogP contribution in [0.15, 0.2) is 47.5 Å². The Bertz CT molecular complexity index is 1380. The van der Waals surface area contributed by atoms with Crippen LogP contribution < -0.4 is 4.74 Å². The molecule has 8 nitrogen and oxygen atoms in total. The zero-order valence-electron chi connectivity index (χ0n) is 19.6. The van der Waals surface area contributed by atoms with Crippen molar-refractivity contribution in [3.63, 3.8) is 0 Å². The number of aromatic nitrogens is 2. The number of carbonyl (C=O) groups is 1. The van der Waals surface area contributed by atoms with Crippen molar-refractivity contribution in [2.24, 2.45) is 0 Å². The third-order valence-corrected chi connectivity index (χ3v) is 8.12. The number of benzene rings is 2. The minimum absolute atomic E-state index is 0.0773. The highest BCUT2D eigenvalue weighted by Crippen LogP contribution is 2.39. The molecule has 0 saturated carbocycles. The SMILES string of the molecule is CCOC(=O)Cn1ncc2c1CCCC2N(C)S(=O)(=O)c1cc(Cl)c(Oc2ccc(F)cc2)cc1F. The predicted octanol–water partition coefficient (Wildman–Crippen LogP) is 4.87. The third kappa shape index (κ3) is 5.23. The first-order valence-corrected chi connectivity index (χ1v) is 13.0. The summed E-state index contributed by atoms with van der Waals surface area (Å²) in [7, 11) is -2.94. The van der Waals surface area contributed by atoms with E-state index in [9.17, 15) is 17.6 Å². The summed E-state index contributed by atoms with van der Waals surface area (Å²) >= 11 is 6.23. The van der Waals surface area contributed by atoms with Gasteiger partial charge in [0.1, 0.15) is 34.6 Å². The fraction of sp³-hybridized carbons (Fsp3) is 0.333. The van der Waals surface area contributed by atoms with E-state index < -0.39 is 38.6 Å². The Labute approximate surface area is 212 Å². The molecule has 0 spiro atoms. The number of esters is 1. The topological polar surface area (TPSA) is 90.7 Å². The van der Waals surface area contributed by atoms with Crippen molar-refractivity contribution in [2.75, 3.05) is 13.7 Å². The van der Waals surface area contributed by atoms with Gasteiger partial charge >= 0.3 is 5.97 Å². The van der Waals surface area contributed by atoms with E-state index in [1.54, 1.807) is 6.92 Å². The van der Waals surface area contributed by atoms with E-state index in [4.69, 9.17) is 21.1 Å². The molecular weight excluding hydrogens is 516 g/mol. The highest BCUT2D eigenvalue weighted by molar-refractivity contribution is 7.89. The Morgan fingerprint density at radius 2 is 1.97 bits per heavy atom. The molecular formula is C24H24ClF2N3O5S. The van der Waals surface area contributed by atoms with Gasteiger partial charge in [0.05, 0.1) is 23.9 Å². The molecule has 1 atom stereocenters. The third-order valence-electron chi connectivity index (χ3n) is 5.94. The molecule has 1 aliphatic rings. The average molecular weight is 540 g/mol. The summed E-state index contributed by atoms with van der Waals surface area (Å²) < 4.78 is 68.1. The van der Waals surface area contributed by atoms with Crippen LogP contribution in [0.2, 0.25) is 5.02 Å². The van der Waals surface area contributed by atoms with Crippen LogP contribution in [0.25, 0.3) is 0 Å². The average Bonchev–Trinajstić information content (AvgIpc) is 3.25. The minimum atomic E-state index is -4.31. The Balaban J connectivity index is 1.60. The molecule has 1 aromatic heterocycles. The number of hydrogen-bond donors (Lipinski definition) is 0. The van der Waals surface area contributed by atoms with E-state index in [-0.39, 0.29) is 29.7 Å². The molecule has 0 saturated heterocycles. The molecule has 0 aliphatic heterocycles. The van der Waals surface area contributed by atoms with Crippen molar-refractivity contribution in [2.45, 2.75) is 43.7 Å². The largest absolute Gasteiger partial charge is 0.465 e. The lowest BCUT2D eigenvalue weighted by atomic mass is 9.93. The summed E-state index contributed by atoms with van der Waals surface area (Å²) in [4.78, 5) is 11.3. The van der Waals surface area contributed by atoms with Crippen LogP contribution in [-0.4, -0.2) is 42.1 Å². The molecule has 3 aromatic rings. The number of fused-ring (bicyclic) bond motifs is 1. The Hall–Kier alpha value is -3.02. The number of carbonyl (C=O) groups excluding carboxylic acids is 1. The van der Waals surface area contributed by atoms with E-state index in [0.29, 0.717) is 24.8 Å². The van der Waals surface area contributed by atoms with E-state index >= 15 is 4.39 Å². The molecule has 0 amide bonds. The molecule has 0 N–H and O–H groups in total. The van der Waals surface area contributed by atoms with Gasteiger partial charge in [-0.25, -0.2) is 17.2 Å². The fourth-order valence-corrected chi connectivity index (χ4v) is 5.88.